The lowest BCUT2D eigenvalue weighted by Gasteiger charge is -2.26. The SMILES string of the molecule is Oc1cccc(-c2cn(CCN3CCCCC3)nc2O)c1. The molecule has 1 aliphatic rings. The highest BCUT2D eigenvalue weighted by Gasteiger charge is 2.13. The molecular weight excluding hydrogens is 266 g/mol. The lowest BCUT2D eigenvalue weighted by molar-refractivity contribution is 0.217. The summed E-state index contributed by atoms with van der Waals surface area (Å²) in [5.41, 5.74) is 1.43. The van der Waals surface area contributed by atoms with Crippen LogP contribution in [-0.4, -0.2) is 44.5 Å². The first kappa shape index (κ1) is 13.9. The minimum atomic E-state index is 0.0132. The van der Waals surface area contributed by atoms with Crippen LogP contribution in [0.4, 0.5) is 0 Å². The van der Waals surface area contributed by atoms with Crippen molar-refractivity contribution in [2.45, 2.75) is 25.8 Å². The molecule has 0 unspecified atom stereocenters. The molecule has 2 N–H and O–H groups in total. The summed E-state index contributed by atoms with van der Waals surface area (Å²) in [4.78, 5) is 2.44. The van der Waals surface area contributed by atoms with Crippen LogP contribution in [0, 0.1) is 0 Å². The number of nitrogens with zero attached hydrogens (tertiary/aromatic N) is 3. The van der Waals surface area contributed by atoms with Gasteiger partial charge in [0, 0.05) is 12.7 Å². The molecule has 3 rings (SSSR count). The summed E-state index contributed by atoms with van der Waals surface area (Å²) in [5, 5.41) is 23.7. The summed E-state index contributed by atoms with van der Waals surface area (Å²) < 4.78 is 1.78. The highest BCUT2D eigenvalue weighted by Crippen LogP contribution is 2.29. The molecule has 5 heteroatoms. The second kappa shape index (κ2) is 6.18. The van der Waals surface area contributed by atoms with E-state index in [1.807, 2.05) is 12.3 Å². The largest absolute Gasteiger partial charge is 0.508 e. The Morgan fingerprint density at radius 3 is 2.62 bits per heavy atom. The lowest BCUT2D eigenvalue weighted by Crippen LogP contribution is -2.32. The summed E-state index contributed by atoms with van der Waals surface area (Å²) in [5.74, 6) is 0.201. The van der Waals surface area contributed by atoms with Gasteiger partial charge in [-0.25, -0.2) is 0 Å². The molecule has 0 radical (unpaired) electrons. The predicted octanol–water partition coefficient (Wildman–Crippen LogP) is 2.45. The molecule has 112 valence electrons. The molecule has 1 aromatic carbocycles. The summed E-state index contributed by atoms with van der Waals surface area (Å²) in [6, 6.07) is 6.85. The van der Waals surface area contributed by atoms with Crippen molar-refractivity contribution in [2.24, 2.45) is 0 Å². The fourth-order valence-corrected chi connectivity index (χ4v) is 2.83. The van der Waals surface area contributed by atoms with Gasteiger partial charge >= 0.3 is 0 Å². The number of rotatable bonds is 4. The molecule has 2 aromatic rings. The first-order valence-electron chi connectivity index (χ1n) is 7.50. The molecule has 1 saturated heterocycles. The van der Waals surface area contributed by atoms with E-state index in [1.54, 1.807) is 22.9 Å². The number of phenols is 1. The number of hydrogen-bond donors (Lipinski definition) is 2. The molecule has 2 heterocycles. The standard InChI is InChI=1S/C16H21N3O2/c20-14-6-4-5-13(11-14)15-12-19(17-16(15)21)10-9-18-7-2-1-3-8-18/h4-6,11-12,20H,1-3,7-10H2,(H,17,21). The van der Waals surface area contributed by atoms with E-state index in [2.05, 4.69) is 10.00 Å². The Labute approximate surface area is 124 Å². The smallest absolute Gasteiger partial charge is 0.238 e. The van der Waals surface area contributed by atoms with Gasteiger partial charge in [-0.3, -0.25) is 4.68 Å². The highest BCUT2D eigenvalue weighted by molar-refractivity contribution is 5.68. The molecule has 0 spiro atoms. The number of likely N-dealkylation sites (tertiary alicyclic amines) is 1. The maximum Gasteiger partial charge on any atom is 0.238 e. The molecule has 1 aromatic heterocycles. The fraction of sp³-hybridized carbons (Fsp3) is 0.438. The van der Waals surface area contributed by atoms with Gasteiger partial charge in [-0.1, -0.05) is 18.6 Å². The van der Waals surface area contributed by atoms with E-state index in [1.165, 1.54) is 19.3 Å². The lowest BCUT2D eigenvalue weighted by atomic mass is 10.1. The maximum atomic E-state index is 9.99. The molecule has 5 nitrogen and oxygen atoms in total. The molecule has 1 aliphatic heterocycles. The van der Waals surface area contributed by atoms with E-state index in [0.29, 0.717) is 5.56 Å². The van der Waals surface area contributed by atoms with Gasteiger partial charge in [0.2, 0.25) is 5.88 Å². The Balaban J connectivity index is 1.69. The van der Waals surface area contributed by atoms with Crippen molar-refractivity contribution in [1.82, 2.24) is 14.7 Å². The predicted molar refractivity (Wildman–Crippen MR) is 81.3 cm³/mol. The van der Waals surface area contributed by atoms with Gasteiger partial charge in [0.05, 0.1) is 12.1 Å². The van der Waals surface area contributed by atoms with Crippen LogP contribution in [0.5, 0.6) is 11.6 Å². The molecule has 0 amide bonds. The number of aromatic hydroxyl groups is 2. The topological polar surface area (TPSA) is 61.5 Å². The zero-order valence-electron chi connectivity index (χ0n) is 12.1. The van der Waals surface area contributed by atoms with Gasteiger partial charge in [0.1, 0.15) is 5.75 Å². The van der Waals surface area contributed by atoms with E-state index >= 15 is 0 Å². The number of aromatic nitrogens is 2. The van der Waals surface area contributed by atoms with Crippen LogP contribution < -0.4 is 0 Å². The molecular formula is C16H21N3O2. The van der Waals surface area contributed by atoms with E-state index in [-0.39, 0.29) is 11.6 Å². The first-order valence-corrected chi connectivity index (χ1v) is 7.50. The molecule has 0 bridgehead atoms. The van der Waals surface area contributed by atoms with Crippen molar-refractivity contribution in [1.29, 1.82) is 0 Å². The zero-order valence-corrected chi connectivity index (χ0v) is 12.1. The average molecular weight is 287 g/mol. The van der Waals surface area contributed by atoms with Crippen molar-refractivity contribution in [3.8, 4) is 22.8 Å². The normalized spacial score (nSPS) is 16.2. The number of hydrogen-bond acceptors (Lipinski definition) is 4. The van der Waals surface area contributed by atoms with Crippen molar-refractivity contribution < 1.29 is 10.2 Å². The van der Waals surface area contributed by atoms with Gasteiger partial charge in [-0.2, -0.15) is 0 Å². The van der Waals surface area contributed by atoms with Crippen molar-refractivity contribution in [2.75, 3.05) is 19.6 Å². The number of phenolic OH excluding ortho intramolecular Hbond substituents is 1. The average Bonchev–Trinajstić information content (AvgIpc) is 2.87. The third-order valence-corrected chi connectivity index (χ3v) is 3.99. The Morgan fingerprint density at radius 2 is 1.86 bits per heavy atom. The van der Waals surface area contributed by atoms with E-state index in [0.717, 1.165) is 31.7 Å². The summed E-state index contributed by atoms with van der Waals surface area (Å²) in [6.07, 6.45) is 5.73. The minimum Gasteiger partial charge on any atom is -0.508 e. The summed E-state index contributed by atoms with van der Waals surface area (Å²) >= 11 is 0. The third kappa shape index (κ3) is 3.36. The van der Waals surface area contributed by atoms with Gasteiger partial charge in [-0.05, 0) is 43.6 Å². The van der Waals surface area contributed by atoms with Gasteiger partial charge < -0.3 is 15.1 Å². The molecule has 0 aliphatic carbocycles. The number of benzene rings is 1. The van der Waals surface area contributed by atoms with Crippen LogP contribution in [0.25, 0.3) is 11.1 Å². The van der Waals surface area contributed by atoms with E-state index in [4.69, 9.17) is 0 Å². The van der Waals surface area contributed by atoms with Crippen LogP contribution >= 0.6 is 0 Å². The molecule has 1 fully saturated rings. The summed E-state index contributed by atoms with van der Waals surface area (Å²) in [7, 11) is 0. The van der Waals surface area contributed by atoms with Gasteiger partial charge in [-0.15, -0.1) is 5.10 Å². The van der Waals surface area contributed by atoms with Crippen molar-refractivity contribution >= 4 is 0 Å². The maximum absolute atomic E-state index is 9.99. The second-order valence-electron chi connectivity index (χ2n) is 5.58. The van der Waals surface area contributed by atoms with Crippen molar-refractivity contribution in [3.05, 3.63) is 30.5 Å². The number of piperidine rings is 1. The quantitative estimate of drug-likeness (QED) is 0.906. The Kier molecular flexibility index (Phi) is 4.10. The first-order chi connectivity index (χ1) is 10.2. The minimum absolute atomic E-state index is 0.0132. The Bertz CT molecular complexity index is 603. The van der Waals surface area contributed by atoms with Crippen LogP contribution in [0.2, 0.25) is 0 Å². The fourth-order valence-electron chi connectivity index (χ4n) is 2.83. The Morgan fingerprint density at radius 1 is 1.05 bits per heavy atom. The Hall–Kier alpha value is -2.01. The second-order valence-corrected chi connectivity index (χ2v) is 5.58. The van der Waals surface area contributed by atoms with Gasteiger partial charge in [0.25, 0.3) is 0 Å². The van der Waals surface area contributed by atoms with E-state index < -0.39 is 0 Å². The van der Waals surface area contributed by atoms with Crippen LogP contribution in [0.15, 0.2) is 30.5 Å². The van der Waals surface area contributed by atoms with Gasteiger partial charge in [0.15, 0.2) is 0 Å². The molecule has 0 saturated carbocycles. The van der Waals surface area contributed by atoms with Crippen LogP contribution in [0.1, 0.15) is 19.3 Å². The van der Waals surface area contributed by atoms with E-state index in [9.17, 15) is 10.2 Å². The van der Waals surface area contributed by atoms with Crippen LogP contribution in [-0.2, 0) is 6.54 Å². The van der Waals surface area contributed by atoms with Crippen LogP contribution in [0.3, 0.4) is 0 Å². The summed E-state index contributed by atoms with van der Waals surface area (Å²) in [6.45, 7) is 4.05. The molecule has 21 heavy (non-hydrogen) atoms. The molecule has 0 atom stereocenters. The van der Waals surface area contributed by atoms with Crippen molar-refractivity contribution in [3.63, 3.8) is 0 Å². The third-order valence-electron chi connectivity index (χ3n) is 3.99. The zero-order chi connectivity index (χ0) is 14.7. The highest BCUT2D eigenvalue weighted by atomic mass is 16.3. The monoisotopic (exact) mass is 287 g/mol.